The zero-order valence-corrected chi connectivity index (χ0v) is 19.9. The zero-order chi connectivity index (χ0) is 26.0. The van der Waals surface area contributed by atoms with Crippen molar-refractivity contribution < 1.29 is 19.5 Å². The van der Waals surface area contributed by atoms with E-state index in [4.69, 9.17) is 34.7 Å². The van der Waals surface area contributed by atoms with Gasteiger partial charge in [-0.15, -0.1) is 0 Å². The van der Waals surface area contributed by atoms with Crippen molar-refractivity contribution >= 4 is 63.7 Å². The number of ketones is 1. The molecule has 4 aromatic rings. The molecule has 1 atom stereocenters. The quantitative estimate of drug-likeness (QED) is 0.226. The highest BCUT2D eigenvalue weighted by molar-refractivity contribution is 6.36. The van der Waals surface area contributed by atoms with Crippen molar-refractivity contribution in [2.75, 3.05) is 16.4 Å². The molecule has 0 fully saturated rings. The Morgan fingerprint density at radius 2 is 1.86 bits per heavy atom. The molecule has 184 valence electrons. The van der Waals surface area contributed by atoms with E-state index in [1.165, 1.54) is 29.0 Å². The maximum atomic E-state index is 13.4. The molecule has 0 saturated heterocycles. The highest BCUT2D eigenvalue weighted by Gasteiger charge is 2.23. The second-order valence-corrected chi connectivity index (χ2v) is 8.56. The number of nitrogens with one attached hydrogen (secondary N) is 2. The normalized spacial score (nSPS) is 11.8. The monoisotopic (exact) mass is 527 g/mol. The summed E-state index contributed by atoms with van der Waals surface area (Å²) < 4.78 is 1.35. The SMILES string of the molecule is Nc1ncnn2c(CC(N)C(=O)O)cc(C(=O)c3cccc(NC(=O)Nc4ccc(Cl)cc4Cl)c3)c12. The van der Waals surface area contributed by atoms with Crippen LogP contribution in [0.2, 0.25) is 10.0 Å². The third kappa shape index (κ3) is 5.23. The predicted molar refractivity (Wildman–Crippen MR) is 136 cm³/mol. The van der Waals surface area contributed by atoms with E-state index in [0.717, 1.165) is 0 Å². The number of anilines is 3. The average Bonchev–Trinajstić information content (AvgIpc) is 3.20. The van der Waals surface area contributed by atoms with Gasteiger partial charge in [0.25, 0.3) is 0 Å². The maximum absolute atomic E-state index is 13.4. The Labute approximate surface area is 214 Å². The van der Waals surface area contributed by atoms with Gasteiger partial charge in [0.05, 0.1) is 16.3 Å². The van der Waals surface area contributed by atoms with Crippen molar-refractivity contribution in [1.29, 1.82) is 0 Å². The molecule has 0 aliphatic rings. The second-order valence-electron chi connectivity index (χ2n) is 7.72. The van der Waals surface area contributed by atoms with E-state index in [-0.39, 0.29) is 33.9 Å². The lowest BCUT2D eigenvalue weighted by atomic mass is 10.0. The van der Waals surface area contributed by atoms with Crippen LogP contribution >= 0.6 is 23.2 Å². The van der Waals surface area contributed by atoms with Crippen LogP contribution in [0.15, 0.2) is 54.9 Å². The molecule has 13 heteroatoms. The number of hydrogen-bond donors (Lipinski definition) is 5. The molecule has 36 heavy (non-hydrogen) atoms. The lowest BCUT2D eigenvalue weighted by Gasteiger charge is -2.10. The van der Waals surface area contributed by atoms with E-state index < -0.39 is 23.8 Å². The standard InChI is InChI=1S/C23H19Cl2N7O4/c24-12-4-5-18(16(25)7-12)31-23(36)30-13-3-1-2-11(6-13)20(33)15-8-14(9-17(26)22(34)35)32-19(15)21(27)28-10-29-32/h1-8,10,17H,9,26H2,(H,34,35)(H2,27,28,29)(H2,30,31,36). The fraction of sp³-hybridized carbons (Fsp3) is 0.0870. The first kappa shape index (κ1) is 24.9. The van der Waals surface area contributed by atoms with Gasteiger partial charge < -0.3 is 27.2 Å². The molecule has 2 heterocycles. The molecule has 0 aliphatic heterocycles. The zero-order valence-electron chi connectivity index (χ0n) is 18.4. The number of urea groups is 1. The van der Waals surface area contributed by atoms with Crippen LogP contribution in [-0.2, 0) is 11.2 Å². The summed E-state index contributed by atoms with van der Waals surface area (Å²) in [5.41, 5.74) is 13.4. The smallest absolute Gasteiger partial charge is 0.323 e. The number of amides is 2. The Balaban J connectivity index is 1.61. The van der Waals surface area contributed by atoms with Gasteiger partial charge in [0.15, 0.2) is 11.6 Å². The van der Waals surface area contributed by atoms with Crippen molar-refractivity contribution in [2.45, 2.75) is 12.5 Å². The first-order valence-electron chi connectivity index (χ1n) is 10.4. The van der Waals surface area contributed by atoms with Crippen LogP contribution in [0.3, 0.4) is 0 Å². The second kappa shape index (κ2) is 10.2. The lowest BCUT2D eigenvalue weighted by Crippen LogP contribution is -2.32. The summed E-state index contributed by atoms with van der Waals surface area (Å²) in [5, 5.41) is 19.2. The topological polar surface area (TPSA) is 178 Å². The fourth-order valence-corrected chi connectivity index (χ4v) is 3.99. The third-order valence-corrected chi connectivity index (χ3v) is 5.76. The van der Waals surface area contributed by atoms with Gasteiger partial charge >= 0.3 is 12.0 Å². The van der Waals surface area contributed by atoms with Crippen molar-refractivity contribution in [2.24, 2.45) is 5.73 Å². The number of nitrogen functional groups attached to an aromatic ring is 1. The molecule has 2 aromatic carbocycles. The number of aromatic nitrogens is 3. The van der Waals surface area contributed by atoms with Gasteiger partial charge in [0, 0.05) is 28.4 Å². The van der Waals surface area contributed by atoms with E-state index in [1.54, 1.807) is 30.3 Å². The van der Waals surface area contributed by atoms with Crippen molar-refractivity contribution in [3.63, 3.8) is 0 Å². The minimum atomic E-state index is -1.21. The molecule has 0 saturated carbocycles. The summed E-state index contributed by atoms with van der Waals surface area (Å²) in [5.74, 6) is -1.59. The summed E-state index contributed by atoms with van der Waals surface area (Å²) >= 11 is 12.0. The van der Waals surface area contributed by atoms with E-state index >= 15 is 0 Å². The van der Waals surface area contributed by atoms with Crippen LogP contribution in [0.1, 0.15) is 21.6 Å². The molecule has 2 aromatic heterocycles. The molecule has 0 spiro atoms. The largest absolute Gasteiger partial charge is 0.480 e. The number of carboxylic acid groups (broad SMARTS) is 1. The van der Waals surface area contributed by atoms with Gasteiger partial charge in [-0.3, -0.25) is 9.59 Å². The van der Waals surface area contributed by atoms with Gasteiger partial charge in [0.2, 0.25) is 0 Å². The average molecular weight is 528 g/mol. The first-order chi connectivity index (χ1) is 17.1. The number of carbonyl (C=O) groups excluding carboxylic acids is 2. The van der Waals surface area contributed by atoms with Crippen LogP contribution in [0.5, 0.6) is 0 Å². The summed E-state index contributed by atoms with van der Waals surface area (Å²) in [7, 11) is 0. The Hall–Kier alpha value is -4.19. The minimum absolute atomic E-state index is 0.0389. The van der Waals surface area contributed by atoms with Gasteiger partial charge in [-0.1, -0.05) is 35.3 Å². The van der Waals surface area contributed by atoms with E-state index in [0.29, 0.717) is 22.1 Å². The van der Waals surface area contributed by atoms with Crippen LogP contribution in [0, 0.1) is 0 Å². The summed E-state index contributed by atoms with van der Waals surface area (Å²) in [6, 6.07) is 10.6. The number of hydrogen-bond acceptors (Lipinski definition) is 7. The van der Waals surface area contributed by atoms with Crippen LogP contribution in [-0.4, -0.2) is 43.5 Å². The summed E-state index contributed by atoms with van der Waals surface area (Å²) in [4.78, 5) is 41.1. The van der Waals surface area contributed by atoms with E-state index in [1.807, 2.05) is 0 Å². The van der Waals surface area contributed by atoms with Crippen molar-refractivity contribution in [3.05, 3.63) is 81.7 Å². The third-order valence-electron chi connectivity index (χ3n) is 5.21. The number of benzene rings is 2. The Morgan fingerprint density at radius 1 is 1.08 bits per heavy atom. The molecule has 0 aliphatic carbocycles. The summed E-state index contributed by atoms with van der Waals surface area (Å²) in [6.07, 6.45) is 1.11. The number of carboxylic acids is 1. The number of halogens is 2. The molecular weight excluding hydrogens is 509 g/mol. The Bertz CT molecular complexity index is 1510. The number of nitrogens with zero attached hydrogens (tertiary/aromatic N) is 3. The van der Waals surface area contributed by atoms with Crippen LogP contribution < -0.4 is 22.1 Å². The van der Waals surface area contributed by atoms with E-state index in [2.05, 4.69) is 20.7 Å². The molecule has 11 nitrogen and oxygen atoms in total. The fourth-order valence-electron chi connectivity index (χ4n) is 3.53. The lowest BCUT2D eigenvalue weighted by molar-refractivity contribution is -0.138. The van der Waals surface area contributed by atoms with E-state index in [9.17, 15) is 19.5 Å². The van der Waals surface area contributed by atoms with Gasteiger partial charge in [-0.05, 0) is 36.4 Å². The predicted octanol–water partition coefficient (Wildman–Crippen LogP) is 3.45. The minimum Gasteiger partial charge on any atom is -0.480 e. The molecule has 0 radical (unpaired) electrons. The highest BCUT2D eigenvalue weighted by atomic mass is 35.5. The van der Waals surface area contributed by atoms with Crippen LogP contribution in [0.4, 0.5) is 22.0 Å². The number of rotatable bonds is 7. The number of nitrogens with two attached hydrogens (primary N) is 2. The van der Waals surface area contributed by atoms with Crippen LogP contribution in [0.25, 0.3) is 5.52 Å². The van der Waals surface area contributed by atoms with Gasteiger partial charge in [-0.2, -0.15) is 5.10 Å². The molecule has 0 bridgehead atoms. The molecule has 7 N–H and O–H groups in total. The Morgan fingerprint density at radius 3 is 2.58 bits per heavy atom. The highest BCUT2D eigenvalue weighted by Crippen LogP contribution is 2.27. The van der Waals surface area contributed by atoms with Crippen molar-refractivity contribution in [1.82, 2.24) is 14.6 Å². The molecule has 2 amide bonds. The number of fused-ring (bicyclic) bond motifs is 1. The van der Waals surface area contributed by atoms with Crippen molar-refractivity contribution in [3.8, 4) is 0 Å². The molecule has 4 rings (SSSR count). The maximum Gasteiger partial charge on any atom is 0.323 e. The first-order valence-corrected chi connectivity index (χ1v) is 11.2. The van der Waals surface area contributed by atoms with Gasteiger partial charge in [0.1, 0.15) is 17.9 Å². The number of carbonyl (C=O) groups is 3. The summed E-state index contributed by atoms with van der Waals surface area (Å²) in [6.45, 7) is 0. The van der Waals surface area contributed by atoms with Gasteiger partial charge in [-0.25, -0.2) is 14.3 Å². The molecular formula is C23H19Cl2N7O4. The number of aliphatic carboxylic acids is 1. The Kier molecular flexibility index (Phi) is 7.06. The molecule has 1 unspecified atom stereocenters.